The van der Waals surface area contributed by atoms with Crippen molar-refractivity contribution in [2.24, 2.45) is 0 Å². The van der Waals surface area contributed by atoms with Gasteiger partial charge in [0.05, 0.1) is 4.92 Å². The summed E-state index contributed by atoms with van der Waals surface area (Å²) in [4.78, 5) is 10.1. The summed E-state index contributed by atoms with van der Waals surface area (Å²) in [6.45, 7) is 2.92. The van der Waals surface area contributed by atoms with Gasteiger partial charge in [-0.05, 0) is 18.2 Å². The average molecular weight is 254 g/mol. The van der Waals surface area contributed by atoms with Crippen LogP contribution in [0.15, 0.2) is 24.3 Å². The van der Waals surface area contributed by atoms with Crippen molar-refractivity contribution in [3.05, 3.63) is 39.9 Å². The number of hydrogen-bond acceptors (Lipinski definition) is 4. The Morgan fingerprint density at radius 1 is 1.41 bits per heavy atom. The van der Waals surface area contributed by atoms with E-state index in [0.29, 0.717) is 6.04 Å². The van der Waals surface area contributed by atoms with Crippen molar-refractivity contribution in [3.63, 3.8) is 0 Å². The fourth-order valence-corrected chi connectivity index (χ4v) is 2.28. The van der Waals surface area contributed by atoms with Crippen molar-refractivity contribution in [1.82, 2.24) is 5.32 Å². The molecule has 0 spiro atoms. The topological polar surface area (TPSA) is 55.2 Å². The molecule has 0 amide bonds. The molecular weight excluding hydrogens is 236 g/mol. The first-order valence-electron chi connectivity index (χ1n) is 5.63. The fraction of sp³-hybridized carbons (Fsp3) is 0.500. The normalized spacial score (nSPS) is 12.4. The number of nitro benzene ring substituents is 1. The maximum Gasteiger partial charge on any atom is 0.269 e. The molecule has 4 nitrogen and oxygen atoms in total. The first-order chi connectivity index (χ1) is 8.17. The van der Waals surface area contributed by atoms with Crippen molar-refractivity contribution in [2.75, 3.05) is 12.0 Å². The summed E-state index contributed by atoms with van der Waals surface area (Å²) in [7, 11) is 0. The molecule has 5 heteroatoms. The van der Waals surface area contributed by atoms with Gasteiger partial charge >= 0.3 is 0 Å². The number of rotatable bonds is 7. The first-order valence-corrected chi connectivity index (χ1v) is 7.02. The number of hydrogen-bond donors (Lipinski definition) is 1. The number of nitrogens with zero attached hydrogens (tertiary/aromatic N) is 1. The maximum atomic E-state index is 10.5. The highest BCUT2D eigenvalue weighted by atomic mass is 32.2. The number of benzene rings is 1. The SMILES string of the molecule is CCC(CSC)NCc1ccc([N+](=O)[O-])cc1. The molecule has 1 N–H and O–H groups in total. The molecule has 0 aliphatic carbocycles. The van der Waals surface area contributed by atoms with Crippen LogP contribution in [0.1, 0.15) is 18.9 Å². The van der Waals surface area contributed by atoms with Crippen LogP contribution in [-0.2, 0) is 6.54 Å². The highest BCUT2D eigenvalue weighted by molar-refractivity contribution is 7.98. The zero-order valence-corrected chi connectivity index (χ0v) is 11.0. The van der Waals surface area contributed by atoms with E-state index in [1.807, 2.05) is 11.8 Å². The van der Waals surface area contributed by atoms with E-state index in [-0.39, 0.29) is 10.6 Å². The van der Waals surface area contributed by atoms with E-state index >= 15 is 0 Å². The van der Waals surface area contributed by atoms with E-state index in [0.717, 1.165) is 24.3 Å². The summed E-state index contributed by atoms with van der Waals surface area (Å²) in [5, 5.41) is 13.9. The van der Waals surface area contributed by atoms with Crippen LogP contribution in [0.5, 0.6) is 0 Å². The molecule has 0 bridgehead atoms. The van der Waals surface area contributed by atoms with Crippen LogP contribution in [0.2, 0.25) is 0 Å². The summed E-state index contributed by atoms with van der Waals surface area (Å²) < 4.78 is 0. The largest absolute Gasteiger partial charge is 0.309 e. The van der Waals surface area contributed by atoms with Crippen LogP contribution < -0.4 is 5.32 Å². The Morgan fingerprint density at radius 2 is 2.06 bits per heavy atom. The van der Waals surface area contributed by atoms with Gasteiger partial charge in [-0.1, -0.05) is 19.1 Å². The number of thioether (sulfide) groups is 1. The molecule has 0 aromatic heterocycles. The molecule has 17 heavy (non-hydrogen) atoms. The van der Waals surface area contributed by atoms with Crippen LogP contribution in [-0.4, -0.2) is 23.0 Å². The van der Waals surface area contributed by atoms with Gasteiger partial charge in [-0.15, -0.1) is 0 Å². The summed E-state index contributed by atoms with van der Waals surface area (Å²) >= 11 is 1.82. The highest BCUT2D eigenvalue weighted by Crippen LogP contribution is 2.12. The van der Waals surface area contributed by atoms with Crippen LogP contribution in [0.4, 0.5) is 5.69 Å². The van der Waals surface area contributed by atoms with Crippen LogP contribution in [0.3, 0.4) is 0 Å². The molecule has 0 fully saturated rings. The lowest BCUT2D eigenvalue weighted by molar-refractivity contribution is -0.384. The van der Waals surface area contributed by atoms with Gasteiger partial charge in [-0.3, -0.25) is 10.1 Å². The van der Waals surface area contributed by atoms with Gasteiger partial charge in [0.25, 0.3) is 5.69 Å². The number of nitrogens with one attached hydrogen (secondary N) is 1. The van der Waals surface area contributed by atoms with Crippen LogP contribution in [0, 0.1) is 10.1 Å². The Kier molecular flexibility index (Phi) is 6.00. The Bertz CT molecular complexity index is 354. The van der Waals surface area contributed by atoms with Gasteiger partial charge in [-0.25, -0.2) is 0 Å². The van der Waals surface area contributed by atoms with E-state index in [2.05, 4.69) is 18.5 Å². The van der Waals surface area contributed by atoms with Gasteiger partial charge in [0, 0.05) is 30.5 Å². The van der Waals surface area contributed by atoms with Crippen LogP contribution >= 0.6 is 11.8 Å². The first kappa shape index (κ1) is 14.0. The second kappa shape index (κ2) is 7.29. The molecular formula is C12H18N2O2S. The van der Waals surface area contributed by atoms with E-state index in [4.69, 9.17) is 0 Å². The second-order valence-corrected chi connectivity index (χ2v) is 4.78. The van der Waals surface area contributed by atoms with Crippen molar-refractivity contribution >= 4 is 17.4 Å². The van der Waals surface area contributed by atoms with Gasteiger partial charge in [0.15, 0.2) is 0 Å². The average Bonchev–Trinajstić information content (AvgIpc) is 2.35. The Labute approximate surface area is 106 Å². The smallest absolute Gasteiger partial charge is 0.269 e. The molecule has 0 aliphatic rings. The third kappa shape index (κ3) is 4.75. The molecule has 0 aliphatic heterocycles. The quantitative estimate of drug-likeness (QED) is 0.600. The van der Waals surface area contributed by atoms with E-state index in [1.165, 1.54) is 0 Å². The molecule has 0 saturated carbocycles. The molecule has 1 atom stereocenters. The Morgan fingerprint density at radius 3 is 2.53 bits per heavy atom. The highest BCUT2D eigenvalue weighted by Gasteiger charge is 2.06. The van der Waals surface area contributed by atoms with Gasteiger partial charge < -0.3 is 5.32 Å². The predicted octanol–water partition coefficient (Wildman–Crippen LogP) is 2.83. The minimum absolute atomic E-state index is 0.143. The fourth-order valence-electron chi connectivity index (χ4n) is 1.52. The Balaban J connectivity index is 2.48. The van der Waals surface area contributed by atoms with Gasteiger partial charge in [0.2, 0.25) is 0 Å². The Hall–Kier alpha value is -1.07. The van der Waals surface area contributed by atoms with Crippen LogP contribution in [0.25, 0.3) is 0 Å². The van der Waals surface area contributed by atoms with Gasteiger partial charge in [-0.2, -0.15) is 11.8 Å². The van der Waals surface area contributed by atoms with Crippen molar-refractivity contribution in [1.29, 1.82) is 0 Å². The third-order valence-electron chi connectivity index (χ3n) is 2.60. The molecule has 1 aromatic rings. The molecule has 1 rings (SSSR count). The number of non-ortho nitro benzene ring substituents is 1. The van der Waals surface area contributed by atoms with E-state index in [1.54, 1.807) is 24.3 Å². The van der Waals surface area contributed by atoms with E-state index in [9.17, 15) is 10.1 Å². The molecule has 0 heterocycles. The monoisotopic (exact) mass is 254 g/mol. The minimum Gasteiger partial charge on any atom is -0.309 e. The summed E-state index contributed by atoms with van der Waals surface area (Å²) in [6.07, 6.45) is 3.18. The second-order valence-electron chi connectivity index (χ2n) is 3.86. The molecule has 0 radical (unpaired) electrons. The van der Waals surface area contributed by atoms with Crippen molar-refractivity contribution in [3.8, 4) is 0 Å². The molecule has 0 saturated heterocycles. The third-order valence-corrected chi connectivity index (χ3v) is 3.34. The lowest BCUT2D eigenvalue weighted by Crippen LogP contribution is -2.30. The minimum atomic E-state index is -0.375. The molecule has 1 unspecified atom stereocenters. The number of nitro groups is 1. The summed E-state index contributed by atoms with van der Waals surface area (Å²) in [5.74, 6) is 1.09. The zero-order chi connectivity index (χ0) is 12.7. The van der Waals surface area contributed by atoms with Crippen molar-refractivity contribution < 1.29 is 4.92 Å². The predicted molar refractivity (Wildman–Crippen MR) is 72.4 cm³/mol. The lowest BCUT2D eigenvalue weighted by Gasteiger charge is -2.15. The standard InChI is InChI=1S/C12H18N2O2S/c1-3-11(9-17-2)13-8-10-4-6-12(7-5-10)14(15)16/h4-7,11,13H,3,8-9H2,1-2H3. The molecule has 94 valence electrons. The lowest BCUT2D eigenvalue weighted by atomic mass is 10.2. The summed E-state index contributed by atoms with van der Waals surface area (Å²) in [6, 6.07) is 7.20. The molecule has 1 aromatic carbocycles. The maximum absolute atomic E-state index is 10.5. The van der Waals surface area contributed by atoms with Crippen molar-refractivity contribution in [2.45, 2.75) is 25.9 Å². The zero-order valence-electron chi connectivity index (χ0n) is 10.2. The van der Waals surface area contributed by atoms with Gasteiger partial charge in [0.1, 0.15) is 0 Å². The van der Waals surface area contributed by atoms with E-state index < -0.39 is 0 Å². The summed E-state index contributed by atoms with van der Waals surface area (Å²) in [5.41, 5.74) is 1.22.